The summed E-state index contributed by atoms with van der Waals surface area (Å²) in [6.07, 6.45) is 0.392. The van der Waals surface area contributed by atoms with E-state index in [1.54, 1.807) is 19.2 Å². The van der Waals surface area contributed by atoms with Crippen LogP contribution in [-0.4, -0.2) is 38.0 Å². The van der Waals surface area contributed by atoms with Crippen LogP contribution in [0.25, 0.3) is 0 Å². The molecule has 1 fully saturated rings. The fraction of sp³-hybridized carbons (Fsp3) is 0.417. The summed E-state index contributed by atoms with van der Waals surface area (Å²) < 4.78 is 22.7. The molecule has 1 saturated heterocycles. The molecule has 5 nitrogen and oxygen atoms in total. The Balaban J connectivity index is 2.12. The summed E-state index contributed by atoms with van der Waals surface area (Å²) in [5, 5.41) is 9.17. The van der Waals surface area contributed by atoms with E-state index in [1.807, 2.05) is 0 Å². The van der Waals surface area contributed by atoms with Gasteiger partial charge in [-0.2, -0.15) is 0 Å². The van der Waals surface area contributed by atoms with Crippen LogP contribution in [0, 0.1) is 5.92 Å². The summed E-state index contributed by atoms with van der Waals surface area (Å²) in [5.41, 5.74) is 0.641. The molecule has 0 aromatic heterocycles. The number of sulfone groups is 1. The number of phenols is 1. The zero-order valence-corrected chi connectivity index (χ0v) is 10.9. The zero-order valence-electron chi connectivity index (χ0n) is 10.0. The molecule has 1 aromatic rings. The van der Waals surface area contributed by atoms with Gasteiger partial charge in [0.25, 0.3) is 0 Å². The highest BCUT2D eigenvalue weighted by atomic mass is 32.2. The van der Waals surface area contributed by atoms with Gasteiger partial charge in [0.2, 0.25) is 5.91 Å². The Kier molecular flexibility index (Phi) is 3.30. The highest BCUT2D eigenvalue weighted by molar-refractivity contribution is 7.91. The van der Waals surface area contributed by atoms with Gasteiger partial charge < -0.3 is 10.0 Å². The van der Waals surface area contributed by atoms with Gasteiger partial charge >= 0.3 is 0 Å². The van der Waals surface area contributed by atoms with E-state index in [4.69, 9.17) is 0 Å². The van der Waals surface area contributed by atoms with Crippen molar-refractivity contribution in [1.82, 2.24) is 0 Å². The number of carbonyl (C=O) groups is 1. The molecule has 0 radical (unpaired) electrons. The maximum Gasteiger partial charge on any atom is 0.230 e. The highest BCUT2D eigenvalue weighted by Crippen LogP contribution is 2.24. The van der Waals surface area contributed by atoms with Crippen LogP contribution < -0.4 is 4.90 Å². The van der Waals surface area contributed by atoms with Gasteiger partial charge in [-0.15, -0.1) is 0 Å². The van der Waals surface area contributed by atoms with E-state index in [2.05, 4.69) is 0 Å². The molecule has 1 atom stereocenters. The Morgan fingerprint density at radius 3 is 2.44 bits per heavy atom. The molecule has 18 heavy (non-hydrogen) atoms. The SMILES string of the molecule is CN(C(=O)C1CCS(=O)(=O)C1)c1ccc(O)cc1. The van der Waals surface area contributed by atoms with Crippen molar-refractivity contribution >= 4 is 21.4 Å². The summed E-state index contributed by atoms with van der Waals surface area (Å²) in [4.78, 5) is 13.6. The van der Waals surface area contributed by atoms with Crippen LogP contribution in [0.1, 0.15) is 6.42 Å². The normalized spacial score (nSPS) is 21.7. The van der Waals surface area contributed by atoms with Crippen LogP contribution in [0.3, 0.4) is 0 Å². The standard InChI is InChI=1S/C12H15NO4S/c1-13(10-2-4-11(14)5-3-10)12(15)9-6-7-18(16,17)8-9/h2-5,9,14H,6-8H2,1H3. The molecule has 0 spiro atoms. The van der Waals surface area contributed by atoms with Gasteiger partial charge in [-0.3, -0.25) is 4.79 Å². The van der Waals surface area contributed by atoms with Crippen molar-refractivity contribution < 1.29 is 18.3 Å². The molecule has 1 aliphatic heterocycles. The first-order chi connectivity index (χ1) is 8.39. The van der Waals surface area contributed by atoms with Gasteiger partial charge in [-0.05, 0) is 30.7 Å². The van der Waals surface area contributed by atoms with E-state index in [0.717, 1.165) is 0 Å². The Morgan fingerprint density at radius 1 is 1.33 bits per heavy atom. The van der Waals surface area contributed by atoms with Gasteiger partial charge in [-0.1, -0.05) is 0 Å². The molecule has 1 aromatic carbocycles. The minimum Gasteiger partial charge on any atom is -0.508 e. The molecule has 0 saturated carbocycles. The predicted molar refractivity (Wildman–Crippen MR) is 68.3 cm³/mol. The summed E-state index contributed by atoms with van der Waals surface area (Å²) in [6, 6.07) is 6.22. The van der Waals surface area contributed by atoms with E-state index in [1.165, 1.54) is 17.0 Å². The van der Waals surface area contributed by atoms with E-state index >= 15 is 0 Å². The molecule has 1 heterocycles. The lowest BCUT2D eigenvalue weighted by Gasteiger charge is -2.20. The molecular weight excluding hydrogens is 254 g/mol. The van der Waals surface area contributed by atoms with Gasteiger partial charge in [0.05, 0.1) is 17.4 Å². The molecule has 1 amide bonds. The van der Waals surface area contributed by atoms with Crippen molar-refractivity contribution in [2.45, 2.75) is 6.42 Å². The van der Waals surface area contributed by atoms with Crippen molar-refractivity contribution in [3.63, 3.8) is 0 Å². The van der Waals surface area contributed by atoms with E-state index < -0.39 is 15.8 Å². The number of nitrogens with zero attached hydrogens (tertiary/aromatic N) is 1. The van der Waals surface area contributed by atoms with Crippen molar-refractivity contribution in [2.75, 3.05) is 23.5 Å². The molecule has 1 unspecified atom stereocenters. The zero-order chi connectivity index (χ0) is 13.3. The topological polar surface area (TPSA) is 74.7 Å². The van der Waals surface area contributed by atoms with E-state index in [0.29, 0.717) is 12.1 Å². The first kappa shape index (κ1) is 12.9. The number of phenolic OH excluding ortho intramolecular Hbond substituents is 1. The number of rotatable bonds is 2. The minimum atomic E-state index is -3.05. The second-order valence-corrected chi connectivity index (χ2v) is 6.74. The lowest BCUT2D eigenvalue weighted by molar-refractivity contribution is -0.121. The highest BCUT2D eigenvalue weighted by Gasteiger charge is 2.34. The number of anilines is 1. The van der Waals surface area contributed by atoms with E-state index in [-0.39, 0.29) is 23.2 Å². The maximum atomic E-state index is 12.1. The van der Waals surface area contributed by atoms with E-state index in [9.17, 15) is 18.3 Å². The van der Waals surface area contributed by atoms with Crippen LogP contribution in [0.2, 0.25) is 0 Å². The summed E-state index contributed by atoms with van der Waals surface area (Å²) in [5.74, 6) is -0.486. The summed E-state index contributed by atoms with van der Waals surface area (Å²) in [7, 11) is -1.44. The van der Waals surface area contributed by atoms with Crippen LogP contribution in [0.5, 0.6) is 5.75 Å². The predicted octanol–water partition coefficient (Wildman–Crippen LogP) is 0.790. The Bertz CT molecular complexity index is 550. The van der Waals surface area contributed by atoms with Gasteiger partial charge in [0, 0.05) is 12.7 Å². The number of benzene rings is 1. The quantitative estimate of drug-likeness (QED) is 0.861. The van der Waals surface area contributed by atoms with Crippen molar-refractivity contribution in [3.05, 3.63) is 24.3 Å². The Labute approximate surface area is 106 Å². The number of aromatic hydroxyl groups is 1. The largest absolute Gasteiger partial charge is 0.508 e. The van der Waals surface area contributed by atoms with Crippen molar-refractivity contribution in [2.24, 2.45) is 5.92 Å². The third-order valence-corrected chi connectivity index (χ3v) is 4.92. The second-order valence-electron chi connectivity index (χ2n) is 4.51. The molecule has 2 rings (SSSR count). The van der Waals surface area contributed by atoms with Crippen LogP contribution >= 0.6 is 0 Å². The van der Waals surface area contributed by atoms with Crippen LogP contribution in [-0.2, 0) is 14.6 Å². The Morgan fingerprint density at radius 2 is 1.94 bits per heavy atom. The van der Waals surface area contributed by atoms with Gasteiger partial charge in [-0.25, -0.2) is 8.42 Å². The van der Waals surface area contributed by atoms with Crippen molar-refractivity contribution in [3.8, 4) is 5.75 Å². The van der Waals surface area contributed by atoms with Crippen LogP contribution in [0.4, 0.5) is 5.69 Å². The molecule has 1 N–H and O–H groups in total. The molecule has 0 bridgehead atoms. The van der Waals surface area contributed by atoms with Crippen LogP contribution in [0.15, 0.2) is 24.3 Å². The third kappa shape index (κ3) is 2.64. The van der Waals surface area contributed by atoms with Gasteiger partial charge in [0.1, 0.15) is 5.75 Å². The lowest BCUT2D eigenvalue weighted by atomic mass is 10.1. The lowest BCUT2D eigenvalue weighted by Crippen LogP contribution is -2.33. The molecule has 0 aliphatic carbocycles. The monoisotopic (exact) mass is 269 g/mol. The fourth-order valence-electron chi connectivity index (χ4n) is 2.07. The molecule has 98 valence electrons. The third-order valence-electron chi connectivity index (χ3n) is 3.15. The molecule has 1 aliphatic rings. The second kappa shape index (κ2) is 4.61. The average Bonchev–Trinajstić information content (AvgIpc) is 2.69. The summed E-state index contributed by atoms with van der Waals surface area (Å²) in [6.45, 7) is 0. The maximum absolute atomic E-state index is 12.1. The number of hydrogen-bond donors (Lipinski definition) is 1. The number of amides is 1. The van der Waals surface area contributed by atoms with Crippen molar-refractivity contribution in [1.29, 1.82) is 0 Å². The number of carbonyl (C=O) groups excluding carboxylic acids is 1. The molecular formula is C12H15NO4S. The summed E-state index contributed by atoms with van der Waals surface area (Å²) >= 11 is 0. The number of hydrogen-bond acceptors (Lipinski definition) is 4. The Hall–Kier alpha value is -1.56. The minimum absolute atomic E-state index is 0.0613. The molecule has 6 heteroatoms. The van der Waals surface area contributed by atoms with Gasteiger partial charge in [0.15, 0.2) is 9.84 Å². The fourth-order valence-corrected chi connectivity index (χ4v) is 3.80. The first-order valence-corrected chi connectivity index (χ1v) is 7.48. The smallest absolute Gasteiger partial charge is 0.230 e. The average molecular weight is 269 g/mol. The first-order valence-electron chi connectivity index (χ1n) is 5.66.